The van der Waals surface area contributed by atoms with Gasteiger partial charge in [-0.1, -0.05) is 36.4 Å². The first-order valence-corrected chi connectivity index (χ1v) is 8.58. The number of carbonyl (C=O) groups excluding carboxylic acids is 1. The molecular weight excluding hydrogens is 302 g/mol. The van der Waals surface area contributed by atoms with Crippen molar-refractivity contribution in [1.29, 1.82) is 0 Å². The van der Waals surface area contributed by atoms with Gasteiger partial charge in [0.05, 0.1) is 31.2 Å². The number of hydrogen-bond acceptors (Lipinski definition) is 3. The first-order valence-electron chi connectivity index (χ1n) is 8.58. The maximum atomic E-state index is 13.6. The first kappa shape index (κ1) is 14.1. The monoisotopic (exact) mass is 321 g/mol. The van der Waals surface area contributed by atoms with Crippen LogP contribution >= 0.6 is 0 Å². The molecule has 2 atom stereocenters. The van der Waals surface area contributed by atoms with Crippen molar-refractivity contribution < 1.29 is 14.3 Å². The minimum atomic E-state index is -0.285. The van der Waals surface area contributed by atoms with Crippen LogP contribution in [0.5, 0.6) is 11.5 Å². The van der Waals surface area contributed by atoms with Crippen LogP contribution in [0.1, 0.15) is 29.9 Å². The summed E-state index contributed by atoms with van der Waals surface area (Å²) in [4.78, 5) is 15.6. The van der Waals surface area contributed by atoms with E-state index in [-0.39, 0.29) is 23.9 Å². The summed E-state index contributed by atoms with van der Waals surface area (Å²) in [6, 6.07) is 16.2. The summed E-state index contributed by atoms with van der Waals surface area (Å²) in [7, 11) is 0. The lowest BCUT2D eigenvalue weighted by Crippen LogP contribution is -2.51. The van der Waals surface area contributed by atoms with Crippen molar-refractivity contribution in [3.05, 3.63) is 59.7 Å². The zero-order valence-electron chi connectivity index (χ0n) is 13.4. The first-order chi connectivity index (χ1) is 11.8. The number of fused-ring (bicyclic) bond motifs is 4. The Balaban J connectivity index is 1.61. The van der Waals surface area contributed by atoms with E-state index in [1.807, 2.05) is 48.5 Å². The van der Waals surface area contributed by atoms with Crippen molar-refractivity contribution in [3.63, 3.8) is 0 Å². The number of ether oxygens (including phenoxy) is 2. The molecule has 1 amide bonds. The van der Waals surface area contributed by atoms with Gasteiger partial charge in [0, 0.05) is 11.1 Å². The zero-order valence-corrected chi connectivity index (χ0v) is 13.4. The van der Waals surface area contributed by atoms with Gasteiger partial charge < -0.3 is 14.4 Å². The molecule has 2 aromatic carbocycles. The fourth-order valence-corrected chi connectivity index (χ4v) is 4.31. The van der Waals surface area contributed by atoms with Crippen LogP contribution in [-0.4, -0.2) is 36.1 Å². The van der Waals surface area contributed by atoms with Gasteiger partial charge in [0.1, 0.15) is 11.5 Å². The smallest absolute Gasteiger partial charge is 0.235 e. The van der Waals surface area contributed by atoms with Gasteiger partial charge in [-0.15, -0.1) is 0 Å². The third kappa shape index (κ3) is 1.99. The Kier molecular flexibility index (Phi) is 3.13. The minimum absolute atomic E-state index is 0.189. The number of para-hydroxylation sites is 2. The molecule has 0 saturated carbocycles. The average molecular weight is 321 g/mol. The highest BCUT2D eigenvalue weighted by Gasteiger charge is 2.45. The maximum absolute atomic E-state index is 13.6. The zero-order chi connectivity index (χ0) is 16.1. The van der Waals surface area contributed by atoms with E-state index in [0.717, 1.165) is 35.5 Å². The second-order valence-corrected chi connectivity index (χ2v) is 6.78. The molecule has 3 aliphatic heterocycles. The van der Waals surface area contributed by atoms with Crippen LogP contribution in [0.25, 0.3) is 0 Å². The van der Waals surface area contributed by atoms with Gasteiger partial charge in [-0.05, 0) is 25.0 Å². The quantitative estimate of drug-likeness (QED) is 0.809. The molecule has 0 aliphatic carbocycles. The van der Waals surface area contributed by atoms with Crippen LogP contribution < -0.4 is 4.74 Å². The summed E-state index contributed by atoms with van der Waals surface area (Å²) in [5.41, 5.74) is 1.93. The Labute approximate surface area is 141 Å². The van der Waals surface area contributed by atoms with Gasteiger partial charge in [-0.2, -0.15) is 0 Å². The van der Waals surface area contributed by atoms with E-state index in [2.05, 4.69) is 4.90 Å². The molecule has 122 valence electrons. The molecule has 4 heteroatoms. The Morgan fingerprint density at radius 3 is 2.00 bits per heavy atom. The lowest BCUT2D eigenvalue weighted by Gasteiger charge is -2.38. The maximum Gasteiger partial charge on any atom is 0.235 e. The van der Waals surface area contributed by atoms with E-state index in [1.54, 1.807) is 0 Å². The van der Waals surface area contributed by atoms with Crippen molar-refractivity contribution >= 4 is 5.91 Å². The Morgan fingerprint density at radius 2 is 1.42 bits per heavy atom. The summed E-state index contributed by atoms with van der Waals surface area (Å²) < 4.78 is 11.7. The molecule has 4 nitrogen and oxygen atoms in total. The number of morpholine rings is 1. The second kappa shape index (κ2) is 5.35. The van der Waals surface area contributed by atoms with Crippen LogP contribution in [-0.2, 0) is 9.53 Å². The normalized spacial score (nSPS) is 24.9. The fourth-order valence-electron chi connectivity index (χ4n) is 4.31. The molecule has 2 bridgehead atoms. The summed E-state index contributed by atoms with van der Waals surface area (Å²) >= 11 is 0. The number of amides is 1. The van der Waals surface area contributed by atoms with Crippen molar-refractivity contribution in [2.45, 2.75) is 30.8 Å². The average Bonchev–Trinajstić information content (AvgIpc) is 2.87. The van der Waals surface area contributed by atoms with Crippen LogP contribution in [0.15, 0.2) is 48.5 Å². The van der Waals surface area contributed by atoms with Crippen molar-refractivity contribution in [2.24, 2.45) is 0 Å². The van der Waals surface area contributed by atoms with Gasteiger partial charge in [0.15, 0.2) is 0 Å². The largest absolute Gasteiger partial charge is 0.457 e. The van der Waals surface area contributed by atoms with Gasteiger partial charge in [0.25, 0.3) is 0 Å². The molecule has 0 unspecified atom stereocenters. The molecule has 2 aromatic rings. The Bertz CT molecular complexity index is 741. The van der Waals surface area contributed by atoms with Gasteiger partial charge in [-0.25, -0.2) is 0 Å². The molecule has 3 heterocycles. The lowest BCUT2D eigenvalue weighted by molar-refractivity contribution is -0.141. The molecule has 0 N–H and O–H groups in total. The highest BCUT2D eigenvalue weighted by atomic mass is 16.5. The van der Waals surface area contributed by atoms with Gasteiger partial charge in [-0.3, -0.25) is 4.79 Å². The molecule has 0 radical (unpaired) electrons. The van der Waals surface area contributed by atoms with E-state index in [0.29, 0.717) is 13.2 Å². The van der Waals surface area contributed by atoms with Crippen LogP contribution in [0.4, 0.5) is 0 Å². The topological polar surface area (TPSA) is 38.8 Å². The second-order valence-electron chi connectivity index (χ2n) is 6.78. The highest BCUT2D eigenvalue weighted by molar-refractivity contribution is 5.90. The van der Waals surface area contributed by atoms with Crippen molar-refractivity contribution in [2.75, 3.05) is 13.2 Å². The predicted molar refractivity (Wildman–Crippen MR) is 89.3 cm³/mol. The van der Waals surface area contributed by atoms with E-state index in [4.69, 9.17) is 9.47 Å². The third-order valence-electron chi connectivity index (χ3n) is 5.42. The summed E-state index contributed by atoms with van der Waals surface area (Å²) in [6.45, 7) is 1.32. The fraction of sp³-hybridized carbons (Fsp3) is 0.350. The summed E-state index contributed by atoms with van der Waals surface area (Å²) in [5.74, 6) is 1.48. The molecule has 0 spiro atoms. The molecular formula is C20H19NO3. The van der Waals surface area contributed by atoms with Gasteiger partial charge >= 0.3 is 0 Å². The number of carbonyl (C=O) groups is 1. The lowest BCUT2D eigenvalue weighted by atomic mass is 9.86. The van der Waals surface area contributed by atoms with E-state index < -0.39 is 0 Å². The molecule has 2 saturated heterocycles. The van der Waals surface area contributed by atoms with Crippen LogP contribution in [0, 0.1) is 0 Å². The number of rotatable bonds is 1. The number of benzene rings is 2. The highest BCUT2D eigenvalue weighted by Crippen LogP contribution is 2.46. The van der Waals surface area contributed by atoms with Gasteiger partial charge in [0.2, 0.25) is 5.91 Å². The molecule has 24 heavy (non-hydrogen) atoms. The van der Waals surface area contributed by atoms with E-state index in [9.17, 15) is 4.79 Å². The van der Waals surface area contributed by atoms with Crippen molar-refractivity contribution in [3.8, 4) is 11.5 Å². The standard InChI is InChI=1S/C20H19NO3/c22-20(21-13-9-10-14(21)12-23-11-13)19-15-5-1-3-7-17(15)24-18-8-4-2-6-16(18)19/h1-8,13-14,19H,9-12H2/t13-,14+. The van der Waals surface area contributed by atoms with E-state index in [1.165, 1.54) is 0 Å². The molecule has 3 aliphatic rings. The predicted octanol–water partition coefficient (Wildman–Crippen LogP) is 3.31. The van der Waals surface area contributed by atoms with Crippen LogP contribution in [0.2, 0.25) is 0 Å². The third-order valence-corrected chi connectivity index (χ3v) is 5.42. The Hall–Kier alpha value is -2.33. The number of hydrogen-bond donors (Lipinski definition) is 0. The number of nitrogens with zero attached hydrogens (tertiary/aromatic N) is 1. The van der Waals surface area contributed by atoms with E-state index >= 15 is 0 Å². The van der Waals surface area contributed by atoms with Crippen LogP contribution in [0.3, 0.4) is 0 Å². The molecule has 2 fully saturated rings. The minimum Gasteiger partial charge on any atom is -0.457 e. The van der Waals surface area contributed by atoms with Crippen molar-refractivity contribution in [1.82, 2.24) is 4.90 Å². The SMILES string of the molecule is O=C(C1c2ccccc2Oc2ccccc21)N1[C@@H]2CC[C@H]1COC2. The Morgan fingerprint density at radius 1 is 0.875 bits per heavy atom. The summed E-state index contributed by atoms with van der Waals surface area (Å²) in [5, 5.41) is 0. The molecule has 0 aromatic heterocycles. The molecule has 5 rings (SSSR count). The summed E-state index contributed by atoms with van der Waals surface area (Å²) in [6.07, 6.45) is 2.09.